The lowest BCUT2D eigenvalue weighted by Gasteiger charge is -2.18. The molecule has 4 rings (SSSR count). The number of pyridine rings is 1. The van der Waals surface area contributed by atoms with Crippen molar-refractivity contribution < 1.29 is 19.3 Å². The van der Waals surface area contributed by atoms with Crippen molar-refractivity contribution >= 4 is 46.3 Å². The van der Waals surface area contributed by atoms with Gasteiger partial charge in [0.25, 0.3) is 11.6 Å². The number of carbonyl (C=O) groups excluding carboxylic acids is 2. The topological polar surface area (TPSA) is 82.1 Å². The summed E-state index contributed by atoms with van der Waals surface area (Å²) in [6, 6.07) is 8.02. The van der Waals surface area contributed by atoms with E-state index < -0.39 is 17.7 Å². The number of hydrogen-bond acceptors (Lipinski definition) is 4. The van der Waals surface area contributed by atoms with Gasteiger partial charge in [-0.25, -0.2) is 4.68 Å². The zero-order chi connectivity index (χ0) is 24.0. The lowest BCUT2D eigenvalue weighted by Crippen LogP contribution is -2.42. The third-order valence-corrected chi connectivity index (χ3v) is 6.20. The Morgan fingerprint density at radius 2 is 1.85 bits per heavy atom. The molecule has 0 bridgehead atoms. The number of halogens is 2. The molecule has 0 fully saturated rings. The van der Waals surface area contributed by atoms with Gasteiger partial charge in [0.2, 0.25) is 0 Å². The maximum atomic E-state index is 13.6. The molecular weight excluding hydrogens is 463 g/mol. The molecule has 2 amide bonds. The van der Waals surface area contributed by atoms with Gasteiger partial charge in [-0.3, -0.25) is 14.5 Å². The molecule has 0 atom stereocenters. The van der Waals surface area contributed by atoms with Crippen LogP contribution >= 0.6 is 23.2 Å². The lowest BCUT2D eigenvalue weighted by molar-refractivity contribution is -0.577. The standard InChI is InChI=1S/C24H22Cl2N4O3/c1-5-18-19(23(32)30(27-18)15-8-9-16(25)17(26)11-15)20-21(28-10-6-7-14(4)12-28)24(33)29(13(2)3)22(20)31/h6-13H,5H2,1-4H3. The Kier molecular flexibility index (Phi) is 6.03. The summed E-state index contributed by atoms with van der Waals surface area (Å²) >= 11 is 12.2. The smallest absolute Gasteiger partial charge is 0.327 e. The van der Waals surface area contributed by atoms with Crippen molar-refractivity contribution in [3.63, 3.8) is 0 Å². The number of benzene rings is 1. The van der Waals surface area contributed by atoms with Crippen molar-refractivity contribution in [2.24, 2.45) is 0 Å². The molecule has 3 heterocycles. The summed E-state index contributed by atoms with van der Waals surface area (Å²) in [7, 11) is 0. The van der Waals surface area contributed by atoms with Gasteiger partial charge in [0.15, 0.2) is 12.4 Å². The minimum Gasteiger partial charge on any atom is -0.858 e. The normalized spacial score (nSPS) is 14.2. The van der Waals surface area contributed by atoms with Crippen LogP contribution in [0.5, 0.6) is 5.88 Å². The molecule has 2 aromatic heterocycles. The molecule has 7 nitrogen and oxygen atoms in total. The van der Waals surface area contributed by atoms with Gasteiger partial charge in [-0.15, -0.1) is 0 Å². The fourth-order valence-electron chi connectivity index (χ4n) is 3.94. The van der Waals surface area contributed by atoms with Gasteiger partial charge in [0, 0.05) is 23.2 Å². The molecule has 33 heavy (non-hydrogen) atoms. The van der Waals surface area contributed by atoms with Crippen LogP contribution in [0, 0.1) is 6.92 Å². The summed E-state index contributed by atoms with van der Waals surface area (Å²) < 4.78 is 2.79. The molecular formula is C24H22Cl2N4O3. The van der Waals surface area contributed by atoms with Crippen molar-refractivity contribution in [3.8, 4) is 11.6 Å². The van der Waals surface area contributed by atoms with Crippen LogP contribution < -0.4 is 9.67 Å². The SMILES string of the molecule is CCc1nn(-c2ccc(Cl)c(Cl)c2)c([O-])c1C1=C([n+]2cccc(C)c2)C(=O)N(C(C)C)C1=O. The Bertz CT molecular complexity index is 1330. The van der Waals surface area contributed by atoms with Crippen LogP contribution in [0.15, 0.2) is 42.7 Å². The highest BCUT2D eigenvalue weighted by molar-refractivity contribution is 6.45. The fraction of sp³-hybridized carbons (Fsp3) is 0.250. The third kappa shape index (κ3) is 3.81. The first-order valence-electron chi connectivity index (χ1n) is 10.5. The van der Waals surface area contributed by atoms with Crippen LogP contribution in [0.3, 0.4) is 0 Å². The van der Waals surface area contributed by atoms with Crippen LogP contribution in [0.2, 0.25) is 10.0 Å². The zero-order valence-electron chi connectivity index (χ0n) is 18.6. The third-order valence-electron chi connectivity index (χ3n) is 5.46. The average molecular weight is 485 g/mol. The van der Waals surface area contributed by atoms with E-state index in [1.54, 1.807) is 49.0 Å². The largest absolute Gasteiger partial charge is 0.858 e. The number of nitrogens with zero attached hydrogens (tertiary/aromatic N) is 4. The molecule has 170 valence electrons. The maximum absolute atomic E-state index is 13.6. The predicted octanol–water partition coefficient (Wildman–Crippen LogP) is 3.56. The van der Waals surface area contributed by atoms with E-state index >= 15 is 0 Å². The molecule has 1 aliphatic rings. The van der Waals surface area contributed by atoms with Crippen LogP contribution in [-0.4, -0.2) is 32.5 Å². The van der Waals surface area contributed by atoms with E-state index in [-0.39, 0.29) is 27.9 Å². The molecule has 0 saturated heterocycles. The first kappa shape index (κ1) is 23.0. The second kappa shape index (κ2) is 8.65. The van der Waals surface area contributed by atoms with E-state index in [1.807, 2.05) is 19.9 Å². The zero-order valence-corrected chi connectivity index (χ0v) is 20.1. The van der Waals surface area contributed by atoms with Crippen molar-refractivity contribution in [1.29, 1.82) is 0 Å². The highest BCUT2D eigenvalue weighted by Crippen LogP contribution is 2.38. The first-order valence-corrected chi connectivity index (χ1v) is 11.3. The van der Waals surface area contributed by atoms with Crippen LogP contribution in [0.1, 0.15) is 37.6 Å². The highest BCUT2D eigenvalue weighted by atomic mass is 35.5. The summed E-state index contributed by atoms with van der Waals surface area (Å²) in [5, 5.41) is 18.7. The van der Waals surface area contributed by atoms with Crippen molar-refractivity contribution in [3.05, 3.63) is 69.6 Å². The maximum Gasteiger partial charge on any atom is 0.327 e. The van der Waals surface area contributed by atoms with Gasteiger partial charge in [0.1, 0.15) is 5.57 Å². The second-order valence-corrected chi connectivity index (χ2v) is 8.89. The predicted molar refractivity (Wildman–Crippen MR) is 124 cm³/mol. The van der Waals surface area contributed by atoms with Gasteiger partial charge in [-0.2, -0.15) is 9.67 Å². The van der Waals surface area contributed by atoms with E-state index in [1.165, 1.54) is 15.6 Å². The summed E-state index contributed by atoms with van der Waals surface area (Å²) in [6.45, 7) is 7.24. The molecule has 0 radical (unpaired) electrons. The summed E-state index contributed by atoms with van der Waals surface area (Å²) in [5.74, 6) is -1.47. The molecule has 1 aromatic carbocycles. The Morgan fingerprint density at radius 3 is 2.45 bits per heavy atom. The minimum atomic E-state index is -0.514. The molecule has 0 spiro atoms. The minimum absolute atomic E-state index is 0.0532. The molecule has 9 heteroatoms. The number of carbonyl (C=O) groups is 2. The molecule has 0 N–H and O–H groups in total. The van der Waals surface area contributed by atoms with E-state index in [0.29, 0.717) is 22.8 Å². The Hall–Kier alpha value is -3.16. The van der Waals surface area contributed by atoms with Crippen molar-refractivity contribution in [2.75, 3.05) is 0 Å². The number of aryl methyl sites for hydroxylation is 2. The number of hydrogen-bond donors (Lipinski definition) is 0. The Morgan fingerprint density at radius 1 is 1.12 bits per heavy atom. The molecule has 0 unspecified atom stereocenters. The Balaban J connectivity index is 2.01. The van der Waals surface area contributed by atoms with Crippen molar-refractivity contribution in [2.45, 2.75) is 40.2 Å². The monoisotopic (exact) mass is 484 g/mol. The average Bonchev–Trinajstić information content (AvgIpc) is 3.22. The van der Waals surface area contributed by atoms with Gasteiger partial charge in [-0.1, -0.05) is 30.1 Å². The van der Waals surface area contributed by atoms with Gasteiger partial charge in [0.05, 0.1) is 21.4 Å². The summed E-state index contributed by atoms with van der Waals surface area (Å²) in [4.78, 5) is 28.1. The van der Waals surface area contributed by atoms with Crippen LogP contribution in [-0.2, 0) is 16.0 Å². The first-order chi connectivity index (χ1) is 15.6. The van der Waals surface area contributed by atoms with E-state index in [0.717, 1.165) is 5.56 Å². The summed E-state index contributed by atoms with van der Waals surface area (Å²) in [5.41, 5.74) is 2.04. The quantitative estimate of drug-likeness (QED) is 0.409. The number of amides is 2. The van der Waals surface area contributed by atoms with Gasteiger partial charge in [-0.05, 0) is 57.3 Å². The Labute approximate surface area is 201 Å². The lowest BCUT2D eigenvalue weighted by atomic mass is 10.0. The molecule has 0 saturated carbocycles. The van der Waals surface area contributed by atoms with E-state index in [2.05, 4.69) is 5.10 Å². The van der Waals surface area contributed by atoms with Crippen molar-refractivity contribution in [1.82, 2.24) is 14.7 Å². The molecule has 3 aromatic rings. The van der Waals surface area contributed by atoms with Crippen LogP contribution in [0.4, 0.5) is 0 Å². The highest BCUT2D eigenvalue weighted by Gasteiger charge is 2.47. The van der Waals surface area contributed by atoms with Gasteiger partial charge >= 0.3 is 5.91 Å². The van der Waals surface area contributed by atoms with E-state index in [4.69, 9.17) is 23.2 Å². The number of imide groups is 1. The molecule has 1 aliphatic heterocycles. The van der Waals surface area contributed by atoms with Gasteiger partial charge < -0.3 is 5.11 Å². The second-order valence-electron chi connectivity index (χ2n) is 8.08. The van der Waals surface area contributed by atoms with Crippen LogP contribution in [0.25, 0.3) is 17.0 Å². The fourth-order valence-corrected chi connectivity index (χ4v) is 4.23. The summed E-state index contributed by atoms with van der Waals surface area (Å²) in [6.07, 6.45) is 3.83. The molecule has 0 aliphatic carbocycles. The number of aromatic nitrogens is 3. The number of rotatable bonds is 5. The van der Waals surface area contributed by atoms with E-state index in [9.17, 15) is 14.7 Å².